The van der Waals surface area contributed by atoms with Gasteiger partial charge in [0.05, 0.1) is 7.11 Å². The Balaban J connectivity index is 2.80. The normalized spacial score (nSPS) is 12.3. The topological polar surface area (TPSA) is 52.3 Å². The molecule has 1 aromatic rings. The van der Waals surface area contributed by atoms with Crippen LogP contribution in [-0.2, 0) is 16.0 Å². The summed E-state index contributed by atoms with van der Waals surface area (Å²) in [5.74, 6) is -0.924. The van der Waals surface area contributed by atoms with Gasteiger partial charge in [0.15, 0.2) is 0 Å². The number of methoxy groups -OCH3 is 1. The lowest BCUT2D eigenvalue weighted by Crippen LogP contribution is -2.33. The lowest BCUT2D eigenvalue weighted by atomic mass is 10.1. The molecule has 0 unspecified atom stereocenters. The van der Waals surface area contributed by atoms with E-state index in [4.69, 9.17) is 5.73 Å². The third-order valence-electron chi connectivity index (χ3n) is 1.95. The molecule has 0 aliphatic rings. The van der Waals surface area contributed by atoms with Crippen LogP contribution in [0.5, 0.6) is 0 Å². The number of hydrogen-bond acceptors (Lipinski definition) is 3. The minimum atomic E-state index is -0.834. The van der Waals surface area contributed by atoms with E-state index in [0.29, 0.717) is 5.56 Å². The minimum absolute atomic E-state index is 0.123. The first kappa shape index (κ1) is 12.1. The van der Waals surface area contributed by atoms with Crippen molar-refractivity contribution in [2.45, 2.75) is 12.5 Å². The summed E-state index contributed by atoms with van der Waals surface area (Å²) in [6.45, 7) is 0. The molecule has 0 bridgehead atoms. The summed E-state index contributed by atoms with van der Waals surface area (Å²) in [6, 6.07) is 3.67. The van der Waals surface area contributed by atoms with E-state index < -0.39 is 12.0 Å². The first-order valence-electron chi connectivity index (χ1n) is 4.32. The third-order valence-corrected chi connectivity index (χ3v) is 2.44. The molecule has 0 radical (unpaired) electrons. The van der Waals surface area contributed by atoms with Crippen LogP contribution in [0, 0.1) is 5.82 Å². The molecule has 0 aliphatic heterocycles. The van der Waals surface area contributed by atoms with Crippen LogP contribution in [0.3, 0.4) is 0 Å². The van der Waals surface area contributed by atoms with Crippen molar-refractivity contribution in [2.75, 3.05) is 7.11 Å². The van der Waals surface area contributed by atoms with Gasteiger partial charge in [0.2, 0.25) is 0 Å². The second-order valence-corrected chi connectivity index (χ2v) is 3.99. The number of hydrogen-bond donors (Lipinski definition) is 1. The van der Waals surface area contributed by atoms with Crippen LogP contribution in [0.4, 0.5) is 4.39 Å². The molecule has 82 valence electrons. The van der Waals surface area contributed by atoms with E-state index in [1.165, 1.54) is 13.2 Å². The van der Waals surface area contributed by atoms with Crippen molar-refractivity contribution in [3.8, 4) is 0 Å². The van der Waals surface area contributed by atoms with Gasteiger partial charge in [0.1, 0.15) is 11.9 Å². The zero-order chi connectivity index (χ0) is 11.4. The number of carbonyl (C=O) groups excluding carboxylic acids is 1. The lowest BCUT2D eigenvalue weighted by Gasteiger charge is -2.09. The van der Waals surface area contributed by atoms with Crippen LogP contribution >= 0.6 is 15.9 Å². The molecule has 0 saturated carbocycles. The number of halogens is 2. The Morgan fingerprint density at radius 3 is 2.93 bits per heavy atom. The molecule has 5 heteroatoms. The molecule has 0 spiro atoms. The highest BCUT2D eigenvalue weighted by atomic mass is 79.9. The van der Waals surface area contributed by atoms with Crippen LogP contribution in [0.15, 0.2) is 22.7 Å². The molecule has 2 N–H and O–H groups in total. The minimum Gasteiger partial charge on any atom is -0.468 e. The monoisotopic (exact) mass is 275 g/mol. The first-order chi connectivity index (χ1) is 7.04. The van der Waals surface area contributed by atoms with Crippen molar-refractivity contribution >= 4 is 21.9 Å². The standard InChI is InChI=1S/C10H11BrFNO2/c1-15-10(14)9(13)5-6-4-7(11)2-3-8(6)12/h2-4,9H,5,13H2,1H3/t9-/m0/s1. The summed E-state index contributed by atoms with van der Waals surface area (Å²) >= 11 is 3.22. The summed E-state index contributed by atoms with van der Waals surface area (Å²) in [5.41, 5.74) is 5.91. The van der Waals surface area contributed by atoms with Gasteiger partial charge in [-0.15, -0.1) is 0 Å². The fraction of sp³-hybridized carbons (Fsp3) is 0.300. The molecule has 15 heavy (non-hydrogen) atoms. The van der Waals surface area contributed by atoms with Crippen molar-refractivity contribution in [2.24, 2.45) is 5.73 Å². The van der Waals surface area contributed by atoms with Gasteiger partial charge in [-0.3, -0.25) is 4.79 Å². The van der Waals surface area contributed by atoms with Crippen LogP contribution in [0.1, 0.15) is 5.56 Å². The van der Waals surface area contributed by atoms with Crippen molar-refractivity contribution in [1.29, 1.82) is 0 Å². The third kappa shape index (κ3) is 3.28. The predicted octanol–water partition coefficient (Wildman–Crippen LogP) is 1.63. The first-order valence-corrected chi connectivity index (χ1v) is 5.11. The van der Waals surface area contributed by atoms with E-state index in [1.807, 2.05) is 0 Å². The zero-order valence-corrected chi connectivity index (χ0v) is 9.75. The summed E-state index contributed by atoms with van der Waals surface area (Å²) < 4.78 is 18.5. The summed E-state index contributed by atoms with van der Waals surface area (Å²) in [5, 5.41) is 0. The lowest BCUT2D eigenvalue weighted by molar-refractivity contribution is -0.142. The molecule has 0 heterocycles. The molecule has 0 aliphatic carbocycles. The Bertz CT molecular complexity index is 370. The van der Waals surface area contributed by atoms with Crippen molar-refractivity contribution in [1.82, 2.24) is 0 Å². The number of benzene rings is 1. The Kier molecular flexibility index (Phi) is 4.23. The molecule has 1 aromatic carbocycles. The van der Waals surface area contributed by atoms with Gasteiger partial charge in [0.25, 0.3) is 0 Å². The molecule has 1 atom stereocenters. The van der Waals surface area contributed by atoms with Gasteiger partial charge >= 0.3 is 5.97 Å². The van der Waals surface area contributed by atoms with Crippen molar-refractivity contribution in [3.63, 3.8) is 0 Å². The SMILES string of the molecule is COC(=O)[C@@H](N)Cc1cc(Br)ccc1F. The summed E-state index contributed by atoms with van der Waals surface area (Å²) in [4.78, 5) is 11.0. The van der Waals surface area contributed by atoms with E-state index in [0.717, 1.165) is 4.47 Å². The zero-order valence-electron chi connectivity index (χ0n) is 8.17. The molecule has 0 saturated heterocycles. The Morgan fingerprint density at radius 1 is 1.67 bits per heavy atom. The molecule has 0 fully saturated rings. The molecule has 1 rings (SSSR count). The smallest absolute Gasteiger partial charge is 0.322 e. The van der Waals surface area contributed by atoms with E-state index in [2.05, 4.69) is 20.7 Å². The van der Waals surface area contributed by atoms with E-state index in [-0.39, 0.29) is 12.2 Å². The summed E-state index contributed by atoms with van der Waals surface area (Å²) in [6.07, 6.45) is 0.123. The van der Waals surface area contributed by atoms with Crippen LogP contribution in [0.2, 0.25) is 0 Å². The van der Waals surface area contributed by atoms with Crippen LogP contribution in [0.25, 0.3) is 0 Å². The quantitative estimate of drug-likeness (QED) is 0.854. The maximum absolute atomic E-state index is 13.3. The molecule has 0 amide bonds. The second-order valence-electron chi connectivity index (χ2n) is 3.07. The Morgan fingerprint density at radius 2 is 2.33 bits per heavy atom. The van der Waals surface area contributed by atoms with Crippen molar-refractivity contribution in [3.05, 3.63) is 34.1 Å². The van der Waals surface area contributed by atoms with Crippen LogP contribution < -0.4 is 5.73 Å². The van der Waals surface area contributed by atoms with Gasteiger partial charge in [-0.25, -0.2) is 4.39 Å². The Hall–Kier alpha value is -0.940. The fourth-order valence-electron chi connectivity index (χ4n) is 1.17. The van der Waals surface area contributed by atoms with Gasteiger partial charge < -0.3 is 10.5 Å². The highest BCUT2D eigenvalue weighted by molar-refractivity contribution is 9.10. The molecule has 0 aromatic heterocycles. The van der Waals surface area contributed by atoms with Gasteiger partial charge in [-0.05, 0) is 23.8 Å². The average Bonchev–Trinajstić information content (AvgIpc) is 2.22. The number of ether oxygens (including phenoxy) is 1. The molecular weight excluding hydrogens is 265 g/mol. The number of nitrogens with two attached hydrogens (primary N) is 1. The maximum Gasteiger partial charge on any atom is 0.322 e. The number of esters is 1. The highest BCUT2D eigenvalue weighted by Gasteiger charge is 2.16. The van der Waals surface area contributed by atoms with Gasteiger partial charge in [-0.2, -0.15) is 0 Å². The summed E-state index contributed by atoms with van der Waals surface area (Å²) in [7, 11) is 1.25. The fourth-order valence-corrected chi connectivity index (χ4v) is 1.58. The number of carbonyl (C=O) groups is 1. The molecule has 3 nitrogen and oxygen atoms in total. The van der Waals surface area contributed by atoms with Gasteiger partial charge in [0, 0.05) is 10.9 Å². The van der Waals surface area contributed by atoms with E-state index in [9.17, 15) is 9.18 Å². The molecular formula is C10H11BrFNO2. The highest BCUT2D eigenvalue weighted by Crippen LogP contribution is 2.16. The van der Waals surface area contributed by atoms with Gasteiger partial charge in [-0.1, -0.05) is 15.9 Å². The number of rotatable bonds is 3. The Labute approximate surface area is 95.5 Å². The van der Waals surface area contributed by atoms with E-state index >= 15 is 0 Å². The predicted molar refractivity (Wildman–Crippen MR) is 57.8 cm³/mol. The van der Waals surface area contributed by atoms with Crippen molar-refractivity contribution < 1.29 is 13.9 Å². The average molecular weight is 276 g/mol. The largest absolute Gasteiger partial charge is 0.468 e. The van der Waals surface area contributed by atoms with E-state index in [1.54, 1.807) is 12.1 Å². The van der Waals surface area contributed by atoms with Crippen LogP contribution in [-0.4, -0.2) is 19.1 Å². The maximum atomic E-state index is 13.3. The second kappa shape index (κ2) is 5.23.